The van der Waals surface area contributed by atoms with Crippen LogP contribution in [0, 0.1) is 5.92 Å². The Hall–Kier alpha value is -2.02. The highest BCUT2D eigenvalue weighted by atomic mass is 32.2. The fourth-order valence-electron chi connectivity index (χ4n) is 3.12. The van der Waals surface area contributed by atoms with Gasteiger partial charge >= 0.3 is 5.97 Å². The van der Waals surface area contributed by atoms with Crippen molar-refractivity contribution in [2.75, 3.05) is 11.5 Å². The van der Waals surface area contributed by atoms with Crippen LogP contribution in [0.2, 0.25) is 0 Å². The lowest BCUT2D eigenvalue weighted by molar-refractivity contribution is -0.141. The van der Waals surface area contributed by atoms with E-state index in [0.29, 0.717) is 12.2 Å². The first-order valence-corrected chi connectivity index (χ1v) is 12.9. The predicted molar refractivity (Wildman–Crippen MR) is 139 cm³/mol. The molecule has 188 valence electrons. The molecule has 2 unspecified atom stereocenters. The summed E-state index contributed by atoms with van der Waals surface area (Å²) >= 11 is 1.47. The molecule has 33 heavy (non-hydrogen) atoms. The van der Waals surface area contributed by atoms with Gasteiger partial charge in [0, 0.05) is 18.4 Å². The SMILES string of the molecule is CC(=O)NC(CC(C)C)C(=O)NC(CSC/C=C(\C)CC/C=C(\C)CCC=C(C)C)C(=O)O. The number of rotatable bonds is 16. The fourth-order valence-corrected chi connectivity index (χ4v) is 4.12. The van der Waals surface area contributed by atoms with Gasteiger partial charge in [0.2, 0.25) is 11.8 Å². The van der Waals surface area contributed by atoms with Gasteiger partial charge in [0.25, 0.3) is 0 Å². The van der Waals surface area contributed by atoms with Crippen molar-refractivity contribution >= 4 is 29.5 Å². The minimum Gasteiger partial charge on any atom is -0.480 e. The lowest BCUT2D eigenvalue weighted by Crippen LogP contribution is -2.52. The molecule has 0 saturated heterocycles. The van der Waals surface area contributed by atoms with E-state index in [9.17, 15) is 19.5 Å². The Morgan fingerprint density at radius 1 is 0.848 bits per heavy atom. The van der Waals surface area contributed by atoms with E-state index >= 15 is 0 Å². The highest BCUT2D eigenvalue weighted by Crippen LogP contribution is 2.13. The van der Waals surface area contributed by atoms with Crippen molar-refractivity contribution in [3.8, 4) is 0 Å². The van der Waals surface area contributed by atoms with Crippen molar-refractivity contribution in [2.24, 2.45) is 5.92 Å². The summed E-state index contributed by atoms with van der Waals surface area (Å²) in [5.74, 6) is -0.690. The molecule has 0 radical (unpaired) electrons. The van der Waals surface area contributed by atoms with Crippen molar-refractivity contribution in [1.82, 2.24) is 10.6 Å². The largest absolute Gasteiger partial charge is 0.480 e. The summed E-state index contributed by atoms with van der Waals surface area (Å²) in [6, 6.07) is -1.72. The predicted octanol–water partition coefficient (Wildman–Crippen LogP) is 5.26. The molecule has 7 heteroatoms. The van der Waals surface area contributed by atoms with Crippen molar-refractivity contribution in [1.29, 1.82) is 0 Å². The van der Waals surface area contributed by atoms with E-state index in [1.54, 1.807) is 0 Å². The second-order valence-electron chi connectivity index (χ2n) is 9.28. The van der Waals surface area contributed by atoms with Crippen molar-refractivity contribution < 1.29 is 19.5 Å². The van der Waals surface area contributed by atoms with E-state index in [1.165, 1.54) is 35.4 Å². The molecule has 0 aromatic rings. The Morgan fingerprint density at radius 2 is 1.42 bits per heavy atom. The first-order valence-electron chi connectivity index (χ1n) is 11.7. The van der Waals surface area contributed by atoms with Crippen LogP contribution in [0.1, 0.15) is 80.6 Å². The van der Waals surface area contributed by atoms with E-state index in [1.807, 2.05) is 13.8 Å². The molecular formula is C26H44N2O4S. The molecule has 0 aromatic carbocycles. The van der Waals surface area contributed by atoms with Crippen molar-refractivity contribution in [3.05, 3.63) is 34.9 Å². The van der Waals surface area contributed by atoms with Crippen LogP contribution in [0.4, 0.5) is 0 Å². The van der Waals surface area contributed by atoms with Gasteiger partial charge in [0.05, 0.1) is 0 Å². The third kappa shape index (κ3) is 17.2. The Kier molecular flexibility index (Phi) is 16.4. The van der Waals surface area contributed by atoms with Crippen molar-refractivity contribution in [2.45, 2.75) is 92.7 Å². The normalized spacial score (nSPS) is 13.9. The standard InChI is InChI=1S/C26H44N2O4S/c1-18(2)10-8-11-20(5)12-9-13-21(6)14-15-33-17-24(26(31)32)28-25(30)23(16-19(3)4)27-22(7)29/h10,12,14,19,23-24H,8-9,11,13,15-17H2,1-7H3,(H,27,29)(H,28,30)(H,31,32)/b20-12+,21-14+. The van der Waals surface area contributed by atoms with Gasteiger partial charge in [0.15, 0.2) is 0 Å². The van der Waals surface area contributed by atoms with Gasteiger partial charge in [-0.25, -0.2) is 4.79 Å². The molecule has 0 spiro atoms. The quantitative estimate of drug-likeness (QED) is 0.207. The first kappa shape index (κ1) is 31.0. The number of nitrogens with one attached hydrogen (secondary N) is 2. The van der Waals surface area contributed by atoms with Gasteiger partial charge < -0.3 is 15.7 Å². The summed E-state index contributed by atoms with van der Waals surface area (Å²) in [5, 5.41) is 14.7. The summed E-state index contributed by atoms with van der Waals surface area (Å²) in [7, 11) is 0. The molecular weight excluding hydrogens is 436 g/mol. The lowest BCUT2D eigenvalue weighted by Gasteiger charge is -2.22. The van der Waals surface area contributed by atoms with Gasteiger partial charge in [-0.15, -0.1) is 0 Å². The molecule has 2 atom stereocenters. The lowest BCUT2D eigenvalue weighted by atomic mass is 10.0. The van der Waals surface area contributed by atoms with E-state index < -0.39 is 24.0 Å². The van der Waals surface area contributed by atoms with Gasteiger partial charge in [-0.1, -0.05) is 48.8 Å². The number of amides is 2. The highest BCUT2D eigenvalue weighted by Gasteiger charge is 2.26. The maximum Gasteiger partial charge on any atom is 0.327 e. The van der Waals surface area contributed by atoms with Crippen LogP contribution in [-0.2, 0) is 14.4 Å². The molecule has 0 heterocycles. The third-order valence-corrected chi connectivity index (χ3v) is 5.94. The molecule has 6 nitrogen and oxygen atoms in total. The van der Waals surface area contributed by atoms with Crippen molar-refractivity contribution in [3.63, 3.8) is 0 Å². The second-order valence-corrected chi connectivity index (χ2v) is 10.4. The van der Waals surface area contributed by atoms with Crippen LogP contribution < -0.4 is 10.6 Å². The molecule has 0 saturated carbocycles. The average molecular weight is 481 g/mol. The van der Waals surface area contributed by atoms with E-state index in [2.05, 4.69) is 56.6 Å². The second kappa shape index (κ2) is 17.5. The molecule has 0 rings (SSSR count). The number of carboxylic acids is 1. The summed E-state index contributed by atoms with van der Waals surface area (Å²) in [4.78, 5) is 35.5. The van der Waals surface area contributed by atoms with Crippen LogP contribution in [0.15, 0.2) is 34.9 Å². The maximum absolute atomic E-state index is 12.5. The topological polar surface area (TPSA) is 95.5 Å². The van der Waals surface area contributed by atoms with Crippen LogP contribution in [0.5, 0.6) is 0 Å². The number of carboxylic acid groups (broad SMARTS) is 1. The molecule has 0 aliphatic carbocycles. The summed E-state index contributed by atoms with van der Waals surface area (Å²) < 4.78 is 0. The number of carbonyl (C=O) groups excluding carboxylic acids is 2. The van der Waals surface area contributed by atoms with Gasteiger partial charge in [-0.3, -0.25) is 9.59 Å². The minimum atomic E-state index is -1.07. The van der Waals surface area contributed by atoms with Crippen LogP contribution in [0.3, 0.4) is 0 Å². The molecule has 0 aliphatic heterocycles. The number of thioether (sulfide) groups is 1. The summed E-state index contributed by atoms with van der Waals surface area (Å²) in [6.07, 6.45) is 11.3. The summed E-state index contributed by atoms with van der Waals surface area (Å²) in [5.41, 5.74) is 4.03. The van der Waals surface area contributed by atoms with Crippen LogP contribution in [-0.4, -0.2) is 46.5 Å². The van der Waals surface area contributed by atoms with Crippen LogP contribution in [0.25, 0.3) is 0 Å². The average Bonchev–Trinajstić information content (AvgIpc) is 2.68. The molecule has 0 bridgehead atoms. The molecule has 3 N–H and O–H groups in total. The van der Waals surface area contributed by atoms with Gasteiger partial charge in [-0.05, 0) is 65.7 Å². The Balaban J connectivity index is 4.55. The molecule has 0 fully saturated rings. The van der Waals surface area contributed by atoms with Gasteiger partial charge in [-0.2, -0.15) is 11.8 Å². The number of carbonyl (C=O) groups is 3. The number of hydrogen-bond donors (Lipinski definition) is 3. The zero-order valence-corrected chi connectivity index (χ0v) is 22.3. The molecule has 0 aromatic heterocycles. The first-order chi connectivity index (χ1) is 15.4. The molecule has 2 amide bonds. The van der Waals surface area contributed by atoms with E-state index in [0.717, 1.165) is 25.7 Å². The van der Waals surface area contributed by atoms with Crippen LogP contribution >= 0.6 is 11.8 Å². The monoisotopic (exact) mass is 480 g/mol. The molecule has 0 aliphatic rings. The van der Waals surface area contributed by atoms with Gasteiger partial charge in [0.1, 0.15) is 12.1 Å². The van der Waals surface area contributed by atoms with E-state index in [4.69, 9.17) is 0 Å². The smallest absolute Gasteiger partial charge is 0.327 e. The number of allylic oxidation sites excluding steroid dienone is 5. The Morgan fingerprint density at radius 3 is 1.94 bits per heavy atom. The Labute approximate surface area is 204 Å². The highest BCUT2D eigenvalue weighted by molar-refractivity contribution is 7.99. The maximum atomic E-state index is 12.5. The zero-order chi connectivity index (χ0) is 25.4. The number of hydrogen-bond acceptors (Lipinski definition) is 4. The van der Waals surface area contributed by atoms with E-state index in [-0.39, 0.29) is 17.6 Å². The summed E-state index contributed by atoms with van der Waals surface area (Å²) in [6.45, 7) is 13.7. The number of aliphatic carboxylic acids is 1. The fraction of sp³-hybridized carbons (Fsp3) is 0.654. The minimum absolute atomic E-state index is 0.189. The Bertz CT molecular complexity index is 722. The zero-order valence-electron chi connectivity index (χ0n) is 21.5. The third-order valence-electron chi connectivity index (χ3n) is 4.97.